The van der Waals surface area contributed by atoms with Crippen LogP contribution in [-0.2, 0) is 6.54 Å². The van der Waals surface area contributed by atoms with E-state index >= 15 is 0 Å². The molecule has 0 aliphatic heterocycles. The highest BCUT2D eigenvalue weighted by molar-refractivity contribution is 9.11. The summed E-state index contributed by atoms with van der Waals surface area (Å²) in [6.07, 6.45) is 1.60. The predicted octanol–water partition coefficient (Wildman–Crippen LogP) is 3.43. The summed E-state index contributed by atoms with van der Waals surface area (Å²) in [7, 11) is 0. The van der Waals surface area contributed by atoms with E-state index < -0.39 is 4.92 Å². The molecule has 2 heterocycles. The highest BCUT2D eigenvalue weighted by Crippen LogP contribution is 2.26. The Morgan fingerprint density at radius 3 is 2.75 bits per heavy atom. The zero-order chi connectivity index (χ0) is 11.7. The maximum absolute atomic E-state index is 10.6. The molecule has 0 bridgehead atoms. The second-order valence-corrected chi connectivity index (χ2v) is 5.66. The van der Waals surface area contributed by atoms with E-state index in [1.807, 2.05) is 11.4 Å². The molecule has 0 unspecified atom stereocenters. The Morgan fingerprint density at radius 1 is 1.50 bits per heavy atom. The maximum Gasteiger partial charge on any atom is 0.404 e. The van der Waals surface area contributed by atoms with Gasteiger partial charge in [0.2, 0.25) is 0 Å². The van der Waals surface area contributed by atoms with Crippen LogP contribution in [0, 0.1) is 10.1 Å². The van der Waals surface area contributed by atoms with E-state index in [0.29, 0.717) is 11.0 Å². The Labute approximate surface area is 111 Å². The van der Waals surface area contributed by atoms with Crippen molar-refractivity contribution in [3.05, 3.63) is 41.6 Å². The van der Waals surface area contributed by atoms with E-state index in [0.717, 1.165) is 9.35 Å². The minimum Gasteiger partial charge on any atom is -0.358 e. The van der Waals surface area contributed by atoms with Gasteiger partial charge in [-0.1, -0.05) is 0 Å². The summed E-state index contributed by atoms with van der Waals surface area (Å²) in [6, 6.07) is 1.94. The lowest BCUT2D eigenvalue weighted by atomic mass is 10.5. The molecular weight excluding hydrogens is 362 g/mol. The van der Waals surface area contributed by atoms with Crippen LogP contribution in [-0.4, -0.2) is 14.7 Å². The molecule has 0 aliphatic rings. The highest BCUT2D eigenvalue weighted by Gasteiger charge is 2.19. The zero-order valence-corrected chi connectivity index (χ0v) is 11.7. The van der Waals surface area contributed by atoms with Gasteiger partial charge in [-0.15, -0.1) is 11.3 Å². The summed E-state index contributed by atoms with van der Waals surface area (Å²) in [4.78, 5) is 11.2. The van der Waals surface area contributed by atoms with Gasteiger partial charge in [0, 0.05) is 9.35 Å². The van der Waals surface area contributed by atoms with Crippen molar-refractivity contribution in [1.29, 1.82) is 0 Å². The van der Waals surface area contributed by atoms with Crippen LogP contribution in [0.4, 0.5) is 5.82 Å². The first-order valence-electron chi connectivity index (χ1n) is 4.17. The topological polar surface area (TPSA) is 61.0 Å². The van der Waals surface area contributed by atoms with Gasteiger partial charge in [-0.2, -0.15) is 4.68 Å². The lowest BCUT2D eigenvalue weighted by Crippen LogP contribution is -2.00. The summed E-state index contributed by atoms with van der Waals surface area (Å²) in [6.45, 7) is 0.519. The van der Waals surface area contributed by atoms with Crippen LogP contribution in [0.3, 0.4) is 0 Å². The van der Waals surface area contributed by atoms with Crippen molar-refractivity contribution in [3.63, 3.8) is 0 Å². The number of hydrogen-bond acceptors (Lipinski definition) is 4. The number of thiophene rings is 1. The monoisotopic (exact) mass is 365 g/mol. The zero-order valence-electron chi connectivity index (χ0n) is 7.76. The maximum atomic E-state index is 10.6. The van der Waals surface area contributed by atoms with E-state index in [1.165, 1.54) is 0 Å². The molecule has 0 saturated heterocycles. The number of halogens is 2. The number of aromatic nitrogens is 2. The van der Waals surface area contributed by atoms with E-state index in [4.69, 9.17) is 0 Å². The van der Waals surface area contributed by atoms with Crippen molar-refractivity contribution in [2.75, 3.05) is 0 Å². The second-order valence-electron chi connectivity index (χ2n) is 2.95. The fourth-order valence-electron chi connectivity index (χ4n) is 1.18. The van der Waals surface area contributed by atoms with Crippen LogP contribution in [0.25, 0.3) is 0 Å². The van der Waals surface area contributed by atoms with Gasteiger partial charge in [0.15, 0.2) is 0 Å². The normalized spacial score (nSPS) is 10.6. The van der Waals surface area contributed by atoms with E-state index in [1.54, 1.807) is 22.2 Å². The van der Waals surface area contributed by atoms with Gasteiger partial charge >= 0.3 is 5.82 Å². The van der Waals surface area contributed by atoms with Crippen molar-refractivity contribution in [1.82, 2.24) is 9.78 Å². The summed E-state index contributed by atoms with van der Waals surface area (Å²) in [5, 5.41) is 16.4. The largest absolute Gasteiger partial charge is 0.404 e. The lowest BCUT2D eigenvalue weighted by molar-refractivity contribution is -0.390. The Bertz CT molecular complexity index is 537. The number of nitrogens with zero attached hydrogens (tertiary/aromatic N) is 3. The van der Waals surface area contributed by atoms with Crippen LogP contribution >= 0.6 is 43.2 Å². The minimum absolute atomic E-state index is 0.160. The van der Waals surface area contributed by atoms with Gasteiger partial charge in [-0.25, -0.2) is 0 Å². The smallest absolute Gasteiger partial charge is 0.358 e. The third kappa shape index (κ3) is 2.33. The summed E-state index contributed by atoms with van der Waals surface area (Å²) < 4.78 is 2.93. The fraction of sp³-hybridized carbons (Fsp3) is 0.125. The van der Waals surface area contributed by atoms with Crippen LogP contribution in [0.1, 0.15) is 4.88 Å². The van der Waals surface area contributed by atoms with Gasteiger partial charge in [0.05, 0.1) is 17.8 Å². The molecule has 84 valence electrons. The molecule has 2 rings (SSSR count). The first-order valence-corrected chi connectivity index (χ1v) is 6.63. The van der Waals surface area contributed by atoms with Crippen LogP contribution in [0.5, 0.6) is 0 Å². The molecule has 0 aromatic carbocycles. The van der Waals surface area contributed by atoms with Gasteiger partial charge < -0.3 is 10.1 Å². The molecule has 16 heavy (non-hydrogen) atoms. The van der Waals surface area contributed by atoms with Gasteiger partial charge in [0.1, 0.15) is 4.47 Å². The summed E-state index contributed by atoms with van der Waals surface area (Å²) >= 11 is 8.08. The van der Waals surface area contributed by atoms with Gasteiger partial charge in [-0.05, 0) is 48.2 Å². The van der Waals surface area contributed by atoms with Crippen molar-refractivity contribution in [2.24, 2.45) is 0 Å². The first-order chi connectivity index (χ1) is 7.58. The van der Waals surface area contributed by atoms with Crippen molar-refractivity contribution in [2.45, 2.75) is 6.54 Å². The Morgan fingerprint density at radius 2 is 2.25 bits per heavy atom. The summed E-state index contributed by atoms with van der Waals surface area (Å²) in [5.74, 6) is -0.160. The third-order valence-corrected chi connectivity index (χ3v) is 4.34. The van der Waals surface area contributed by atoms with Crippen LogP contribution < -0.4 is 0 Å². The standard InChI is InChI=1S/C8H5Br2N3O2S/c9-5-1-2-16-7(5)4-12-3-6(10)8(11-12)13(14)15/h1-3H,4H2. The SMILES string of the molecule is O=[N+]([O-])c1nn(Cc2sccc2Br)cc1Br. The molecule has 0 fully saturated rings. The van der Waals surface area contributed by atoms with Crippen molar-refractivity contribution < 1.29 is 4.92 Å². The van der Waals surface area contributed by atoms with Crippen molar-refractivity contribution in [3.8, 4) is 0 Å². The first kappa shape index (κ1) is 11.7. The van der Waals surface area contributed by atoms with Gasteiger partial charge in [-0.3, -0.25) is 0 Å². The molecule has 0 spiro atoms. The fourth-order valence-corrected chi connectivity index (χ4v) is 3.11. The predicted molar refractivity (Wildman–Crippen MR) is 67.7 cm³/mol. The lowest BCUT2D eigenvalue weighted by Gasteiger charge is -1.94. The molecule has 2 aromatic heterocycles. The van der Waals surface area contributed by atoms with E-state index in [-0.39, 0.29) is 5.82 Å². The number of hydrogen-bond donors (Lipinski definition) is 0. The molecule has 5 nitrogen and oxygen atoms in total. The molecule has 2 aromatic rings. The minimum atomic E-state index is -0.510. The van der Waals surface area contributed by atoms with E-state index in [2.05, 4.69) is 37.0 Å². The summed E-state index contributed by atoms with van der Waals surface area (Å²) in [5.41, 5.74) is 0. The Balaban J connectivity index is 2.26. The molecule has 0 saturated carbocycles. The Hall–Kier alpha value is -0.730. The van der Waals surface area contributed by atoms with Crippen LogP contribution in [0.15, 0.2) is 26.6 Å². The number of nitro groups is 1. The molecule has 0 N–H and O–H groups in total. The molecular formula is C8H5Br2N3O2S. The average Bonchev–Trinajstić information content (AvgIpc) is 2.75. The van der Waals surface area contributed by atoms with Gasteiger partial charge in [0.25, 0.3) is 0 Å². The average molecular weight is 367 g/mol. The van der Waals surface area contributed by atoms with Crippen molar-refractivity contribution >= 4 is 49.0 Å². The molecule has 8 heteroatoms. The molecule has 0 aliphatic carbocycles. The second kappa shape index (κ2) is 4.64. The molecule has 0 atom stereocenters. The molecule has 0 radical (unpaired) electrons. The Kier molecular flexibility index (Phi) is 3.41. The van der Waals surface area contributed by atoms with Crippen LogP contribution in [0.2, 0.25) is 0 Å². The third-order valence-electron chi connectivity index (χ3n) is 1.87. The number of rotatable bonds is 3. The quantitative estimate of drug-likeness (QED) is 0.617. The molecule has 0 amide bonds. The van der Waals surface area contributed by atoms with E-state index in [9.17, 15) is 10.1 Å². The highest BCUT2D eigenvalue weighted by atomic mass is 79.9.